The first-order valence-corrected chi connectivity index (χ1v) is 9.31. The minimum atomic E-state index is -4.74. The predicted octanol–water partition coefficient (Wildman–Crippen LogP) is 1.64. The molecular weight excluding hydrogens is 412 g/mol. The minimum Gasteiger partial charge on any atom is -0.377 e. The van der Waals surface area contributed by atoms with Crippen LogP contribution in [-0.4, -0.2) is 57.2 Å². The van der Waals surface area contributed by atoms with Crippen molar-refractivity contribution < 1.29 is 26.8 Å². The summed E-state index contributed by atoms with van der Waals surface area (Å²) >= 11 is 0. The first-order valence-electron chi connectivity index (χ1n) is 9.31. The number of aromatic nitrogens is 4. The second-order valence-electron chi connectivity index (χ2n) is 7.65. The van der Waals surface area contributed by atoms with Crippen LogP contribution >= 0.6 is 0 Å². The molecule has 9 nitrogen and oxygen atoms in total. The maximum atomic E-state index is 14.9. The van der Waals surface area contributed by atoms with E-state index in [1.54, 1.807) is 6.92 Å². The molecule has 0 spiro atoms. The SMILES string of the molecule is Cc1noc(CN2c3nc(N4CCOCC4C)c(F)c(=O)n3C[C@@]2(C)C(F)(F)F)n1. The summed E-state index contributed by atoms with van der Waals surface area (Å²) in [6.07, 6.45) is -4.74. The average molecular weight is 432 g/mol. The Labute approximate surface area is 168 Å². The van der Waals surface area contributed by atoms with Crippen molar-refractivity contribution in [1.29, 1.82) is 0 Å². The Bertz CT molecular complexity index is 1020. The molecule has 0 aromatic carbocycles. The third kappa shape index (κ3) is 3.11. The molecule has 164 valence electrons. The average Bonchev–Trinajstić information content (AvgIpc) is 3.21. The van der Waals surface area contributed by atoms with Crippen molar-refractivity contribution in [3.05, 3.63) is 27.9 Å². The van der Waals surface area contributed by atoms with Crippen molar-refractivity contribution in [3.63, 3.8) is 0 Å². The number of alkyl halides is 3. The number of anilines is 2. The van der Waals surface area contributed by atoms with E-state index in [1.165, 1.54) is 11.8 Å². The second kappa shape index (κ2) is 6.93. The van der Waals surface area contributed by atoms with E-state index in [0.29, 0.717) is 4.57 Å². The third-order valence-corrected chi connectivity index (χ3v) is 5.49. The van der Waals surface area contributed by atoms with Gasteiger partial charge in [-0.15, -0.1) is 0 Å². The molecule has 0 aliphatic carbocycles. The molecule has 0 N–H and O–H groups in total. The number of rotatable bonds is 3. The van der Waals surface area contributed by atoms with Crippen LogP contribution in [0.15, 0.2) is 9.32 Å². The van der Waals surface area contributed by atoms with Gasteiger partial charge in [-0.3, -0.25) is 9.36 Å². The highest BCUT2D eigenvalue weighted by Crippen LogP contribution is 2.44. The van der Waals surface area contributed by atoms with Gasteiger partial charge < -0.3 is 19.1 Å². The van der Waals surface area contributed by atoms with Crippen LogP contribution in [0.4, 0.5) is 29.3 Å². The minimum absolute atomic E-state index is 0.0729. The summed E-state index contributed by atoms with van der Waals surface area (Å²) in [7, 11) is 0. The molecule has 4 heterocycles. The summed E-state index contributed by atoms with van der Waals surface area (Å²) in [4.78, 5) is 23.2. The van der Waals surface area contributed by atoms with Gasteiger partial charge in [0.05, 0.1) is 25.8 Å². The van der Waals surface area contributed by atoms with Crippen LogP contribution in [-0.2, 0) is 17.8 Å². The number of fused-ring (bicyclic) bond motifs is 1. The van der Waals surface area contributed by atoms with E-state index in [2.05, 4.69) is 15.1 Å². The maximum Gasteiger partial charge on any atom is 0.413 e. The normalized spacial score (nSPS) is 24.4. The fourth-order valence-corrected chi connectivity index (χ4v) is 3.73. The first-order chi connectivity index (χ1) is 14.0. The van der Waals surface area contributed by atoms with Crippen LogP contribution in [0.1, 0.15) is 25.6 Å². The fraction of sp³-hybridized carbons (Fsp3) is 0.647. The molecule has 2 aliphatic rings. The highest BCUT2D eigenvalue weighted by molar-refractivity contribution is 5.51. The van der Waals surface area contributed by atoms with Gasteiger partial charge in [-0.2, -0.15) is 27.5 Å². The Kier molecular flexibility index (Phi) is 4.75. The lowest BCUT2D eigenvalue weighted by molar-refractivity contribution is -0.182. The third-order valence-electron chi connectivity index (χ3n) is 5.49. The largest absolute Gasteiger partial charge is 0.413 e. The van der Waals surface area contributed by atoms with Gasteiger partial charge >= 0.3 is 6.18 Å². The number of hydrogen-bond acceptors (Lipinski definition) is 8. The highest BCUT2D eigenvalue weighted by Gasteiger charge is 2.60. The topological polar surface area (TPSA) is 89.5 Å². The van der Waals surface area contributed by atoms with Crippen LogP contribution in [0.25, 0.3) is 0 Å². The lowest BCUT2D eigenvalue weighted by Crippen LogP contribution is -2.55. The van der Waals surface area contributed by atoms with Crippen molar-refractivity contribution in [3.8, 4) is 0 Å². The number of aryl methyl sites for hydroxylation is 1. The number of morpholine rings is 1. The molecule has 1 unspecified atom stereocenters. The van der Waals surface area contributed by atoms with Gasteiger partial charge in [-0.1, -0.05) is 5.16 Å². The van der Waals surface area contributed by atoms with Crippen molar-refractivity contribution in [2.45, 2.75) is 51.6 Å². The molecular formula is C17H20F4N6O3. The quantitative estimate of drug-likeness (QED) is 0.677. The summed E-state index contributed by atoms with van der Waals surface area (Å²) in [6.45, 7) is 3.80. The van der Waals surface area contributed by atoms with Crippen molar-refractivity contribution in [2.75, 3.05) is 29.6 Å². The fourth-order valence-electron chi connectivity index (χ4n) is 3.73. The summed E-state index contributed by atoms with van der Waals surface area (Å²) in [5, 5.41) is 3.59. The van der Waals surface area contributed by atoms with Crippen molar-refractivity contribution in [1.82, 2.24) is 19.7 Å². The van der Waals surface area contributed by atoms with E-state index in [1.807, 2.05) is 0 Å². The zero-order valence-corrected chi connectivity index (χ0v) is 16.5. The molecule has 2 aliphatic heterocycles. The number of halogens is 4. The van der Waals surface area contributed by atoms with E-state index in [0.717, 1.165) is 11.8 Å². The molecule has 2 atom stereocenters. The zero-order chi connectivity index (χ0) is 21.8. The van der Waals surface area contributed by atoms with E-state index < -0.39 is 36.2 Å². The van der Waals surface area contributed by atoms with E-state index in [-0.39, 0.29) is 49.3 Å². The molecule has 30 heavy (non-hydrogen) atoms. The monoisotopic (exact) mass is 432 g/mol. The maximum absolute atomic E-state index is 14.9. The van der Waals surface area contributed by atoms with Gasteiger partial charge in [-0.05, 0) is 20.8 Å². The van der Waals surface area contributed by atoms with Gasteiger partial charge in [-0.25, -0.2) is 0 Å². The molecule has 0 amide bonds. The lowest BCUT2D eigenvalue weighted by Gasteiger charge is -2.36. The summed E-state index contributed by atoms with van der Waals surface area (Å²) in [5.74, 6) is -1.60. The van der Waals surface area contributed by atoms with E-state index in [9.17, 15) is 22.4 Å². The van der Waals surface area contributed by atoms with Gasteiger partial charge in [0, 0.05) is 6.54 Å². The molecule has 2 aromatic rings. The molecule has 1 fully saturated rings. The highest BCUT2D eigenvalue weighted by atomic mass is 19.4. The Morgan fingerprint density at radius 3 is 2.63 bits per heavy atom. The summed E-state index contributed by atoms with van der Waals surface area (Å²) < 4.78 is 68.0. The van der Waals surface area contributed by atoms with Crippen LogP contribution in [0.2, 0.25) is 0 Å². The smallest absolute Gasteiger partial charge is 0.377 e. The standard InChI is InChI=1S/C17H20F4N6O3/c1-9-7-29-5-4-25(9)13-12(18)14(28)26-8-16(3,17(19,20)21)27(15(26)23-13)6-11-22-10(2)24-30-11/h9H,4-8H2,1-3H3/t9?,16-/m0/s1. The molecule has 1 saturated heterocycles. The van der Waals surface area contributed by atoms with Crippen LogP contribution < -0.4 is 15.4 Å². The Morgan fingerprint density at radius 1 is 1.30 bits per heavy atom. The van der Waals surface area contributed by atoms with Gasteiger partial charge in [0.1, 0.15) is 6.54 Å². The number of hydrogen-bond donors (Lipinski definition) is 0. The molecule has 13 heteroatoms. The van der Waals surface area contributed by atoms with Crippen molar-refractivity contribution in [2.24, 2.45) is 0 Å². The van der Waals surface area contributed by atoms with Crippen LogP contribution in [0.5, 0.6) is 0 Å². The Hall–Kier alpha value is -2.70. The zero-order valence-electron chi connectivity index (χ0n) is 16.5. The van der Waals surface area contributed by atoms with Crippen LogP contribution in [0.3, 0.4) is 0 Å². The molecule has 2 aromatic heterocycles. The van der Waals surface area contributed by atoms with Gasteiger partial charge in [0.15, 0.2) is 17.2 Å². The molecule has 0 bridgehead atoms. The number of nitrogens with zero attached hydrogens (tertiary/aromatic N) is 6. The Morgan fingerprint density at radius 2 is 2.03 bits per heavy atom. The van der Waals surface area contributed by atoms with Gasteiger partial charge in [0.2, 0.25) is 17.7 Å². The lowest BCUT2D eigenvalue weighted by atomic mass is 10.0. The van der Waals surface area contributed by atoms with Gasteiger partial charge in [0.25, 0.3) is 5.56 Å². The van der Waals surface area contributed by atoms with E-state index >= 15 is 0 Å². The Balaban J connectivity index is 1.85. The second-order valence-corrected chi connectivity index (χ2v) is 7.65. The molecule has 0 radical (unpaired) electrons. The summed E-state index contributed by atoms with van der Waals surface area (Å²) in [6, 6.07) is -0.300. The predicted molar refractivity (Wildman–Crippen MR) is 95.8 cm³/mol. The van der Waals surface area contributed by atoms with Crippen molar-refractivity contribution >= 4 is 11.8 Å². The summed E-state index contributed by atoms with van der Waals surface area (Å²) in [5.41, 5.74) is -3.68. The van der Waals surface area contributed by atoms with Crippen LogP contribution in [0, 0.1) is 12.7 Å². The molecule has 0 saturated carbocycles. The van der Waals surface area contributed by atoms with E-state index in [4.69, 9.17) is 9.26 Å². The first kappa shape index (κ1) is 20.6. The number of ether oxygens (including phenoxy) is 1. The molecule has 4 rings (SSSR count).